The first-order valence-electron chi connectivity index (χ1n) is 14.3. The summed E-state index contributed by atoms with van der Waals surface area (Å²) in [4.78, 5) is 55.2. The number of imidazole rings is 1. The predicted molar refractivity (Wildman–Crippen MR) is 167 cm³/mol. The van der Waals surface area contributed by atoms with Gasteiger partial charge in [0.05, 0.1) is 21.2 Å². The fourth-order valence-corrected chi connectivity index (χ4v) is 5.54. The van der Waals surface area contributed by atoms with E-state index in [0.717, 1.165) is 22.4 Å². The number of fused-ring (bicyclic) bond motifs is 1. The van der Waals surface area contributed by atoms with E-state index in [1.807, 2.05) is 34.9 Å². The van der Waals surface area contributed by atoms with Gasteiger partial charge in [0, 0.05) is 79.9 Å². The molecule has 0 atom stereocenters. The van der Waals surface area contributed by atoms with Crippen LogP contribution in [0.2, 0.25) is 0 Å². The number of aromatic nitrogens is 2. The minimum Gasteiger partial charge on any atom is -0.336 e. The molecule has 2 aromatic heterocycles. The summed E-state index contributed by atoms with van der Waals surface area (Å²) in [5.41, 5.74) is 5.68. The predicted octanol–water partition coefficient (Wildman–Crippen LogP) is 5.65. The first-order chi connectivity index (χ1) is 21.7. The second-order valence-electron chi connectivity index (χ2n) is 10.9. The zero-order valence-electron chi connectivity index (χ0n) is 24.3. The molecule has 0 N–H and O–H groups in total. The van der Waals surface area contributed by atoms with Gasteiger partial charge in [0.25, 0.3) is 17.3 Å². The van der Waals surface area contributed by atoms with Crippen LogP contribution in [0, 0.1) is 20.2 Å². The van der Waals surface area contributed by atoms with Crippen molar-refractivity contribution in [2.75, 3.05) is 26.2 Å². The van der Waals surface area contributed by atoms with Crippen LogP contribution in [0.25, 0.3) is 28.0 Å². The van der Waals surface area contributed by atoms with Gasteiger partial charge in [0.2, 0.25) is 0 Å². The fraction of sp³-hybridized carbons (Fsp3) is 0.182. The van der Waals surface area contributed by atoms with Crippen molar-refractivity contribution in [3.8, 4) is 22.4 Å². The average molecular weight is 605 g/mol. The molecular weight excluding hydrogens is 576 g/mol. The number of carbonyl (C=O) groups is 2. The molecule has 6 rings (SSSR count). The van der Waals surface area contributed by atoms with Crippen molar-refractivity contribution < 1.29 is 19.4 Å². The molecule has 3 heterocycles. The lowest BCUT2D eigenvalue weighted by Gasteiger charge is -2.34. The monoisotopic (exact) mass is 604 g/mol. The summed E-state index contributed by atoms with van der Waals surface area (Å²) in [5, 5.41) is 22.4. The van der Waals surface area contributed by atoms with Crippen LogP contribution < -0.4 is 0 Å². The first kappa shape index (κ1) is 29.3. The Labute approximate surface area is 257 Å². The molecule has 1 saturated heterocycles. The van der Waals surface area contributed by atoms with E-state index in [4.69, 9.17) is 4.98 Å². The number of hydrogen-bond acceptors (Lipinski definition) is 8. The van der Waals surface area contributed by atoms with Gasteiger partial charge < -0.3 is 9.30 Å². The number of hydrogen-bond donors (Lipinski definition) is 0. The maximum absolute atomic E-state index is 13.1. The van der Waals surface area contributed by atoms with Crippen molar-refractivity contribution in [2.45, 2.75) is 13.5 Å². The molecule has 0 aliphatic carbocycles. The number of non-ortho nitro benzene ring substituents is 2. The quantitative estimate of drug-likeness (QED) is 0.126. The van der Waals surface area contributed by atoms with Crippen molar-refractivity contribution in [2.24, 2.45) is 0 Å². The maximum Gasteiger partial charge on any atom is 0.270 e. The summed E-state index contributed by atoms with van der Waals surface area (Å²) in [6, 6.07) is 23.4. The third kappa shape index (κ3) is 6.04. The molecule has 12 nitrogen and oxygen atoms in total. The number of nitro groups is 2. The van der Waals surface area contributed by atoms with Gasteiger partial charge in [-0.2, -0.15) is 0 Å². The topological polar surface area (TPSA) is 144 Å². The molecular formula is C33H28N6O6. The van der Waals surface area contributed by atoms with Gasteiger partial charge in [0.1, 0.15) is 5.65 Å². The Morgan fingerprint density at radius 2 is 1.40 bits per heavy atom. The summed E-state index contributed by atoms with van der Waals surface area (Å²) in [5.74, 6) is -0.256. The van der Waals surface area contributed by atoms with Gasteiger partial charge >= 0.3 is 0 Å². The number of ketones is 1. The largest absolute Gasteiger partial charge is 0.336 e. The zero-order valence-corrected chi connectivity index (χ0v) is 24.3. The first-order valence-corrected chi connectivity index (χ1v) is 14.3. The highest BCUT2D eigenvalue weighted by molar-refractivity contribution is 5.95. The van der Waals surface area contributed by atoms with Crippen LogP contribution in [0.3, 0.4) is 0 Å². The van der Waals surface area contributed by atoms with Gasteiger partial charge in [-0.15, -0.1) is 0 Å². The highest BCUT2D eigenvalue weighted by atomic mass is 16.6. The second kappa shape index (κ2) is 12.1. The second-order valence-corrected chi connectivity index (χ2v) is 10.9. The van der Waals surface area contributed by atoms with Crippen LogP contribution in [0.5, 0.6) is 0 Å². The number of pyridine rings is 1. The third-order valence-corrected chi connectivity index (χ3v) is 8.03. The molecule has 45 heavy (non-hydrogen) atoms. The lowest BCUT2D eigenvalue weighted by Crippen LogP contribution is -2.48. The highest BCUT2D eigenvalue weighted by Gasteiger charge is 2.25. The van der Waals surface area contributed by atoms with E-state index in [0.29, 0.717) is 49.6 Å². The number of Topliss-reactive ketones (excluding diaryl/α,β-unsaturated/α-hetero) is 1. The molecule has 0 spiro atoms. The molecule has 0 radical (unpaired) electrons. The molecule has 1 aliphatic rings. The Kier molecular flexibility index (Phi) is 7.88. The Hall–Kier alpha value is -5.75. The molecule has 1 amide bonds. The minimum absolute atomic E-state index is 0.00600. The van der Waals surface area contributed by atoms with Crippen molar-refractivity contribution in [3.05, 3.63) is 128 Å². The van der Waals surface area contributed by atoms with Gasteiger partial charge in [0.15, 0.2) is 5.78 Å². The smallest absolute Gasteiger partial charge is 0.270 e. The van der Waals surface area contributed by atoms with Gasteiger partial charge in [-0.1, -0.05) is 30.3 Å². The van der Waals surface area contributed by atoms with E-state index in [1.54, 1.807) is 35.2 Å². The van der Waals surface area contributed by atoms with Crippen LogP contribution in [0.1, 0.15) is 33.3 Å². The summed E-state index contributed by atoms with van der Waals surface area (Å²) in [6.45, 7) is 4.05. The molecule has 0 saturated carbocycles. The van der Waals surface area contributed by atoms with E-state index >= 15 is 0 Å². The van der Waals surface area contributed by atoms with Crippen LogP contribution >= 0.6 is 0 Å². The fourth-order valence-electron chi connectivity index (χ4n) is 5.54. The van der Waals surface area contributed by atoms with Crippen molar-refractivity contribution in [1.29, 1.82) is 0 Å². The Morgan fingerprint density at radius 3 is 2.04 bits per heavy atom. The van der Waals surface area contributed by atoms with E-state index in [2.05, 4.69) is 4.90 Å². The lowest BCUT2D eigenvalue weighted by atomic mass is 10.0. The molecule has 5 aromatic rings. The number of nitrogens with zero attached hydrogens (tertiary/aromatic N) is 6. The lowest BCUT2D eigenvalue weighted by molar-refractivity contribution is -0.385. The van der Waals surface area contributed by atoms with Crippen molar-refractivity contribution >= 4 is 28.7 Å². The van der Waals surface area contributed by atoms with Gasteiger partial charge in [-0.3, -0.25) is 34.7 Å². The summed E-state index contributed by atoms with van der Waals surface area (Å²) in [7, 11) is 0. The number of amides is 1. The van der Waals surface area contributed by atoms with Crippen molar-refractivity contribution in [1.82, 2.24) is 19.2 Å². The van der Waals surface area contributed by atoms with Gasteiger partial charge in [-0.25, -0.2) is 4.98 Å². The summed E-state index contributed by atoms with van der Waals surface area (Å²) >= 11 is 0. The standard InChI is InChI=1S/C33H28N6O6/c1-22(40)23-5-7-24(8-6-23)27-11-14-31-34-32(25-9-12-28(13-10-25)38(42)43)30(37(31)20-27)21-35-15-17-36(18-16-35)33(41)26-3-2-4-29(19-26)39(44)45/h2-14,19-20H,15-18,21H2,1H3. The van der Waals surface area contributed by atoms with Crippen LogP contribution in [-0.2, 0) is 6.54 Å². The van der Waals surface area contributed by atoms with Crippen LogP contribution in [0.4, 0.5) is 11.4 Å². The zero-order chi connectivity index (χ0) is 31.7. The molecule has 226 valence electrons. The molecule has 0 bridgehead atoms. The van der Waals surface area contributed by atoms with E-state index in [-0.39, 0.29) is 28.6 Å². The molecule has 3 aromatic carbocycles. The minimum atomic E-state index is -0.514. The average Bonchev–Trinajstić information content (AvgIpc) is 3.42. The van der Waals surface area contributed by atoms with E-state index in [9.17, 15) is 29.8 Å². The van der Waals surface area contributed by atoms with Crippen molar-refractivity contribution in [3.63, 3.8) is 0 Å². The number of rotatable bonds is 8. The summed E-state index contributed by atoms with van der Waals surface area (Å²) in [6.07, 6.45) is 2.00. The number of carbonyl (C=O) groups excluding carboxylic acids is 2. The third-order valence-electron chi connectivity index (χ3n) is 8.03. The SMILES string of the molecule is CC(=O)c1ccc(-c2ccc3nc(-c4ccc([N+](=O)[O-])cc4)c(CN4CCN(C(=O)c5cccc([N+](=O)[O-])c5)CC4)n3c2)cc1. The normalized spacial score (nSPS) is 13.6. The van der Waals surface area contributed by atoms with E-state index < -0.39 is 9.85 Å². The Morgan fingerprint density at radius 1 is 0.756 bits per heavy atom. The molecule has 1 aliphatic heterocycles. The van der Waals surface area contributed by atoms with Crippen LogP contribution in [0.15, 0.2) is 91.1 Å². The van der Waals surface area contributed by atoms with E-state index in [1.165, 1.54) is 37.3 Å². The number of benzene rings is 3. The molecule has 0 unspecified atom stereocenters. The number of nitro benzene ring substituents is 2. The Balaban J connectivity index is 1.29. The number of piperazine rings is 1. The van der Waals surface area contributed by atoms with Gasteiger partial charge in [-0.05, 0) is 48.4 Å². The highest BCUT2D eigenvalue weighted by Crippen LogP contribution is 2.30. The molecule has 1 fully saturated rings. The summed E-state index contributed by atoms with van der Waals surface area (Å²) < 4.78 is 2.02. The van der Waals surface area contributed by atoms with Crippen LogP contribution in [-0.4, -0.2) is 66.9 Å². The maximum atomic E-state index is 13.1. The Bertz CT molecular complexity index is 1940. The molecule has 12 heteroatoms.